The molecule has 28 heavy (non-hydrogen) atoms. The summed E-state index contributed by atoms with van der Waals surface area (Å²) in [6.07, 6.45) is 3.83. The number of piperidine rings is 2. The first-order valence-corrected chi connectivity index (χ1v) is 10.0. The SMILES string of the molecule is CC(CN1C(=O)CCC(N2C(=O)c3ccccc3C2=O)C1=O)N1CCCCC1. The molecule has 0 saturated carbocycles. The second-order valence-electron chi connectivity index (χ2n) is 7.87. The molecule has 3 heterocycles. The zero-order valence-corrected chi connectivity index (χ0v) is 16.1. The van der Waals surface area contributed by atoms with Gasteiger partial charge >= 0.3 is 0 Å². The van der Waals surface area contributed by atoms with Gasteiger partial charge in [-0.15, -0.1) is 0 Å². The van der Waals surface area contributed by atoms with Crippen molar-refractivity contribution in [2.24, 2.45) is 0 Å². The van der Waals surface area contributed by atoms with Crippen molar-refractivity contribution in [2.45, 2.75) is 51.1 Å². The van der Waals surface area contributed by atoms with Gasteiger partial charge in [0.1, 0.15) is 6.04 Å². The molecule has 148 valence electrons. The second kappa shape index (κ2) is 7.47. The quantitative estimate of drug-likeness (QED) is 0.739. The summed E-state index contributed by atoms with van der Waals surface area (Å²) in [5, 5.41) is 0. The number of likely N-dealkylation sites (tertiary alicyclic amines) is 2. The summed E-state index contributed by atoms with van der Waals surface area (Å²) in [6, 6.07) is 5.76. The second-order valence-corrected chi connectivity index (χ2v) is 7.87. The molecule has 4 rings (SSSR count). The van der Waals surface area contributed by atoms with E-state index >= 15 is 0 Å². The highest BCUT2D eigenvalue weighted by Crippen LogP contribution is 2.29. The summed E-state index contributed by atoms with van der Waals surface area (Å²) in [5.74, 6) is -1.55. The third-order valence-corrected chi connectivity index (χ3v) is 6.08. The number of hydrogen-bond donors (Lipinski definition) is 0. The van der Waals surface area contributed by atoms with E-state index in [0.29, 0.717) is 17.7 Å². The van der Waals surface area contributed by atoms with Crippen molar-refractivity contribution < 1.29 is 19.2 Å². The van der Waals surface area contributed by atoms with Gasteiger partial charge < -0.3 is 0 Å². The number of nitrogens with zero attached hydrogens (tertiary/aromatic N) is 3. The van der Waals surface area contributed by atoms with Crippen molar-refractivity contribution in [2.75, 3.05) is 19.6 Å². The van der Waals surface area contributed by atoms with Crippen LogP contribution in [0.4, 0.5) is 0 Å². The molecule has 0 spiro atoms. The molecular formula is C21H25N3O4. The first-order chi connectivity index (χ1) is 13.5. The molecule has 7 heteroatoms. The Kier molecular flexibility index (Phi) is 5.02. The summed E-state index contributed by atoms with van der Waals surface area (Å²) in [6.45, 7) is 4.27. The van der Waals surface area contributed by atoms with Gasteiger partial charge in [-0.25, -0.2) is 0 Å². The Morgan fingerprint density at radius 2 is 1.57 bits per heavy atom. The van der Waals surface area contributed by atoms with Crippen molar-refractivity contribution >= 4 is 23.6 Å². The van der Waals surface area contributed by atoms with Crippen LogP contribution < -0.4 is 0 Å². The minimum atomic E-state index is -0.904. The summed E-state index contributed by atoms with van der Waals surface area (Å²) < 4.78 is 0. The number of benzene rings is 1. The zero-order valence-electron chi connectivity index (χ0n) is 16.1. The number of carbonyl (C=O) groups excluding carboxylic acids is 4. The number of fused-ring (bicyclic) bond motifs is 1. The molecule has 0 N–H and O–H groups in total. The molecule has 3 aliphatic heterocycles. The van der Waals surface area contributed by atoms with E-state index in [0.717, 1.165) is 30.8 Å². The predicted molar refractivity (Wildman–Crippen MR) is 102 cm³/mol. The van der Waals surface area contributed by atoms with Crippen LogP contribution >= 0.6 is 0 Å². The third kappa shape index (κ3) is 3.13. The standard InChI is InChI=1S/C21H25N3O4/c1-14(22-11-5-2-6-12-22)13-23-18(25)10-9-17(21(23)28)24-19(26)15-7-3-4-8-16(15)20(24)27/h3-4,7-8,14,17H,2,5-6,9-13H2,1H3. The van der Waals surface area contributed by atoms with Gasteiger partial charge in [-0.1, -0.05) is 18.6 Å². The minimum absolute atomic E-state index is 0.0640. The Balaban J connectivity index is 1.52. The molecule has 4 amide bonds. The molecule has 1 aromatic carbocycles. The Hall–Kier alpha value is -2.54. The monoisotopic (exact) mass is 383 g/mol. The van der Waals surface area contributed by atoms with Crippen LogP contribution in [0, 0.1) is 0 Å². The van der Waals surface area contributed by atoms with E-state index in [1.807, 2.05) is 6.92 Å². The van der Waals surface area contributed by atoms with Gasteiger partial charge in [-0.05, 0) is 51.4 Å². The fourth-order valence-corrected chi connectivity index (χ4v) is 4.48. The van der Waals surface area contributed by atoms with Crippen molar-refractivity contribution in [3.8, 4) is 0 Å². The summed E-state index contributed by atoms with van der Waals surface area (Å²) in [5.41, 5.74) is 0.649. The highest BCUT2D eigenvalue weighted by atomic mass is 16.2. The van der Waals surface area contributed by atoms with Crippen molar-refractivity contribution in [1.82, 2.24) is 14.7 Å². The van der Waals surface area contributed by atoms with E-state index in [-0.39, 0.29) is 24.8 Å². The Morgan fingerprint density at radius 3 is 2.18 bits per heavy atom. The van der Waals surface area contributed by atoms with Gasteiger partial charge in [0.05, 0.1) is 11.1 Å². The maximum absolute atomic E-state index is 13.1. The minimum Gasteiger partial charge on any atom is -0.299 e. The third-order valence-electron chi connectivity index (χ3n) is 6.08. The normalized spacial score (nSPS) is 24.7. The van der Waals surface area contributed by atoms with Crippen molar-refractivity contribution in [1.29, 1.82) is 0 Å². The smallest absolute Gasteiger partial charge is 0.262 e. The van der Waals surface area contributed by atoms with Crippen LogP contribution in [0.1, 0.15) is 59.7 Å². The van der Waals surface area contributed by atoms with Gasteiger partial charge in [-0.3, -0.25) is 33.9 Å². The lowest BCUT2D eigenvalue weighted by atomic mass is 10.0. The highest BCUT2D eigenvalue weighted by molar-refractivity contribution is 6.23. The van der Waals surface area contributed by atoms with E-state index in [2.05, 4.69) is 4.90 Å². The fourth-order valence-electron chi connectivity index (χ4n) is 4.48. The molecule has 1 aromatic rings. The van der Waals surface area contributed by atoms with E-state index in [1.165, 1.54) is 11.3 Å². The molecule has 7 nitrogen and oxygen atoms in total. The van der Waals surface area contributed by atoms with E-state index in [9.17, 15) is 19.2 Å². The summed E-state index contributed by atoms with van der Waals surface area (Å²) >= 11 is 0. The Morgan fingerprint density at radius 1 is 0.964 bits per heavy atom. The van der Waals surface area contributed by atoms with Crippen molar-refractivity contribution in [3.05, 3.63) is 35.4 Å². The van der Waals surface area contributed by atoms with Crippen LogP contribution in [0.2, 0.25) is 0 Å². The van der Waals surface area contributed by atoms with E-state index in [1.54, 1.807) is 24.3 Å². The first-order valence-electron chi connectivity index (χ1n) is 10.0. The molecule has 0 radical (unpaired) electrons. The van der Waals surface area contributed by atoms with Crippen LogP contribution in [-0.4, -0.2) is 70.0 Å². The molecule has 0 aliphatic carbocycles. The molecule has 3 aliphatic rings. The van der Waals surface area contributed by atoms with Gasteiger partial charge in [0.25, 0.3) is 17.7 Å². The summed E-state index contributed by atoms with van der Waals surface area (Å²) in [7, 11) is 0. The average Bonchev–Trinajstić information content (AvgIpc) is 2.97. The molecule has 2 atom stereocenters. The highest BCUT2D eigenvalue weighted by Gasteiger charge is 2.47. The van der Waals surface area contributed by atoms with Crippen LogP contribution in [0.3, 0.4) is 0 Å². The number of imide groups is 2. The van der Waals surface area contributed by atoms with Gasteiger partial charge in [0.2, 0.25) is 5.91 Å². The van der Waals surface area contributed by atoms with Crippen LogP contribution in [0.5, 0.6) is 0 Å². The van der Waals surface area contributed by atoms with Gasteiger partial charge in [-0.2, -0.15) is 0 Å². The number of hydrogen-bond acceptors (Lipinski definition) is 5. The molecule has 2 saturated heterocycles. The molecule has 2 fully saturated rings. The van der Waals surface area contributed by atoms with Crippen molar-refractivity contribution in [3.63, 3.8) is 0 Å². The van der Waals surface area contributed by atoms with E-state index < -0.39 is 23.8 Å². The molecule has 0 aromatic heterocycles. The Bertz CT molecular complexity index is 796. The topological polar surface area (TPSA) is 78.0 Å². The molecular weight excluding hydrogens is 358 g/mol. The number of carbonyl (C=O) groups is 4. The number of amides is 4. The largest absolute Gasteiger partial charge is 0.299 e. The number of rotatable bonds is 4. The Labute approximate surface area is 164 Å². The first kappa shape index (κ1) is 18.8. The lowest BCUT2D eigenvalue weighted by Gasteiger charge is -2.39. The van der Waals surface area contributed by atoms with Crippen LogP contribution in [0.15, 0.2) is 24.3 Å². The summed E-state index contributed by atoms with van der Waals surface area (Å²) in [4.78, 5) is 55.7. The zero-order chi connectivity index (χ0) is 19.8. The fraction of sp³-hybridized carbons (Fsp3) is 0.524. The molecule has 0 bridgehead atoms. The van der Waals surface area contributed by atoms with Crippen LogP contribution in [0.25, 0.3) is 0 Å². The lowest BCUT2D eigenvalue weighted by molar-refractivity contribution is -0.152. The van der Waals surface area contributed by atoms with Crippen LogP contribution in [-0.2, 0) is 9.59 Å². The molecule has 2 unspecified atom stereocenters. The maximum Gasteiger partial charge on any atom is 0.262 e. The van der Waals surface area contributed by atoms with Gasteiger partial charge in [0.15, 0.2) is 0 Å². The lowest BCUT2D eigenvalue weighted by Crippen LogP contribution is -2.58. The predicted octanol–water partition coefficient (Wildman–Crippen LogP) is 1.67. The average molecular weight is 383 g/mol. The van der Waals surface area contributed by atoms with Gasteiger partial charge in [0, 0.05) is 19.0 Å². The maximum atomic E-state index is 13.1. The van der Waals surface area contributed by atoms with E-state index in [4.69, 9.17) is 0 Å².